The number of nitrogens with two attached hydrogens (primary N) is 1. The van der Waals surface area contributed by atoms with Gasteiger partial charge in [-0.1, -0.05) is 11.6 Å². The molecule has 0 aliphatic rings. The maximum atomic E-state index is 12.1. The Morgan fingerprint density at radius 1 is 1.26 bits per heavy atom. The molecule has 3 N–H and O–H groups in total. The predicted molar refractivity (Wildman–Crippen MR) is 75.3 cm³/mol. The van der Waals surface area contributed by atoms with Crippen molar-refractivity contribution in [2.75, 3.05) is 11.1 Å². The van der Waals surface area contributed by atoms with Gasteiger partial charge in [0, 0.05) is 5.69 Å². The molecule has 0 radical (unpaired) electrons. The normalized spacial score (nSPS) is 10.3. The number of hydrogen-bond acceptors (Lipinski definition) is 4. The van der Waals surface area contributed by atoms with Crippen molar-refractivity contribution < 1.29 is 4.79 Å². The maximum absolute atomic E-state index is 12.1. The Bertz CT molecular complexity index is 643. The molecule has 1 aromatic carbocycles. The summed E-state index contributed by atoms with van der Waals surface area (Å²) in [5.74, 6) is -0.253. The number of carbonyl (C=O) groups excluding carboxylic acids is 1. The van der Waals surface area contributed by atoms with Crippen molar-refractivity contribution >= 4 is 28.9 Å². The minimum absolute atomic E-state index is 0.253. The smallest absolute Gasteiger partial charge is 0.257 e. The highest BCUT2D eigenvalue weighted by Crippen LogP contribution is 2.22. The van der Waals surface area contributed by atoms with E-state index in [1.54, 1.807) is 38.1 Å². The molecule has 0 aliphatic heterocycles. The van der Waals surface area contributed by atoms with Crippen LogP contribution in [0, 0.1) is 13.8 Å². The van der Waals surface area contributed by atoms with Crippen molar-refractivity contribution in [3.05, 3.63) is 46.2 Å². The quantitative estimate of drug-likeness (QED) is 0.826. The van der Waals surface area contributed by atoms with Crippen molar-refractivity contribution in [2.24, 2.45) is 0 Å². The van der Waals surface area contributed by atoms with E-state index in [0.717, 1.165) is 0 Å². The average Bonchev–Trinajstić information content (AvgIpc) is 2.36. The standard InChI is InChI=1S/C13H13ClN4O/c1-7-5-10(8(2)18-17-7)13(19)16-9-3-4-11(14)12(15)6-9/h3-6H,15H2,1-2H3,(H,16,19). The summed E-state index contributed by atoms with van der Waals surface area (Å²) < 4.78 is 0. The zero-order valence-corrected chi connectivity index (χ0v) is 11.3. The molecule has 1 heterocycles. The molecule has 2 aromatic rings. The van der Waals surface area contributed by atoms with Gasteiger partial charge >= 0.3 is 0 Å². The van der Waals surface area contributed by atoms with Crippen LogP contribution in [0.15, 0.2) is 24.3 Å². The van der Waals surface area contributed by atoms with Gasteiger partial charge in [0.15, 0.2) is 0 Å². The molecule has 1 amide bonds. The van der Waals surface area contributed by atoms with Gasteiger partial charge in [-0.3, -0.25) is 4.79 Å². The Balaban J connectivity index is 2.25. The van der Waals surface area contributed by atoms with Gasteiger partial charge in [0.25, 0.3) is 5.91 Å². The SMILES string of the molecule is Cc1cc(C(=O)Nc2ccc(Cl)c(N)c2)c(C)nn1. The maximum Gasteiger partial charge on any atom is 0.257 e. The molecule has 1 aromatic heterocycles. The van der Waals surface area contributed by atoms with E-state index in [9.17, 15) is 4.79 Å². The molecule has 0 saturated heterocycles. The fourth-order valence-electron chi connectivity index (χ4n) is 1.60. The molecule has 0 aliphatic carbocycles. The number of aryl methyl sites for hydroxylation is 2. The second-order valence-electron chi connectivity index (χ2n) is 4.18. The van der Waals surface area contributed by atoms with Gasteiger partial charge in [0.2, 0.25) is 0 Å². The van der Waals surface area contributed by atoms with Crippen LogP contribution in [0.25, 0.3) is 0 Å². The highest BCUT2D eigenvalue weighted by Gasteiger charge is 2.11. The zero-order valence-electron chi connectivity index (χ0n) is 10.6. The lowest BCUT2D eigenvalue weighted by Crippen LogP contribution is -2.15. The first kappa shape index (κ1) is 13.3. The summed E-state index contributed by atoms with van der Waals surface area (Å²) in [6, 6.07) is 6.62. The van der Waals surface area contributed by atoms with Gasteiger partial charge in [0.05, 0.1) is 27.7 Å². The van der Waals surface area contributed by atoms with Crippen LogP contribution in [-0.2, 0) is 0 Å². The number of anilines is 2. The number of nitrogens with one attached hydrogen (secondary N) is 1. The van der Waals surface area contributed by atoms with Crippen LogP contribution in [0.1, 0.15) is 21.7 Å². The average molecular weight is 277 g/mol. The van der Waals surface area contributed by atoms with E-state index >= 15 is 0 Å². The van der Waals surface area contributed by atoms with Gasteiger partial charge in [-0.05, 0) is 38.1 Å². The molecule has 2 rings (SSSR count). The summed E-state index contributed by atoms with van der Waals surface area (Å²) in [7, 11) is 0. The zero-order chi connectivity index (χ0) is 14.0. The van der Waals surface area contributed by atoms with E-state index < -0.39 is 0 Å². The molecule has 19 heavy (non-hydrogen) atoms. The number of hydrogen-bond donors (Lipinski definition) is 2. The molecule has 0 spiro atoms. The number of rotatable bonds is 2. The molecule has 0 unspecified atom stereocenters. The van der Waals surface area contributed by atoms with Gasteiger partial charge in [0.1, 0.15) is 0 Å². The number of benzene rings is 1. The van der Waals surface area contributed by atoms with E-state index in [2.05, 4.69) is 15.5 Å². The van der Waals surface area contributed by atoms with E-state index in [1.807, 2.05) is 0 Å². The lowest BCUT2D eigenvalue weighted by atomic mass is 10.2. The second kappa shape index (κ2) is 5.24. The fourth-order valence-corrected chi connectivity index (χ4v) is 1.72. The lowest BCUT2D eigenvalue weighted by Gasteiger charge is -2.08. The van der Waals surface area contributed by atoms with Crippen LogP contribution in [0.2, 0.25) is 5.02 Å². The number of halogens is 1. The highest BCUT2D eigenvalue weighted by molar-refractivity contribution is 6.33. The second-order valence-corrected chi connectivity index (χ2v) is 4.58. The first-order valence-electron chi connectivity index (χ1n) is 5.64. The van der Waals surface area contributed by atoms with Crippen molar-refractivity contribution in [1.82, 2.24) is 10.2 Å². The van der Waals surface area contributed by atoms with E-state index in [0.29, 0.717) is 33.3 Å². The minimum atomic E-state index is -0.253. The van der Waals surface area contributed by atoms with Gasteiger partial charge in [-0.15, -0.1) is 0 Å². The van der Waals surface area contributed by atoms with Crippen LogP contribution in [-0.4, -0.2) is 16.1 Å². The summed E-state index contributed by atoms with van der Waals surface area (Å²) in [6.45, 7) is 3.51. The van der Waals surface area contributed by atoms with Crippen molar-refractivity contribution in [3.8, 4) is 0 Å². The highest BCUT2D eigenvalue weighted by atomic mass is 35.5. The molecule has 98 valence electrons. The molecular formula is C13H13ClN4O. The van der Waals surface area contributed by atoms with Gasteiger partial charge < -0.3 is 11.1 Å². The Morgan fingerprint density at radius 3 is 2.68 bits per heavy atom. The number of carbonyl (C=O) groups is 1. The third-order valence-electron chi connectivity index (χ3n) is 2.60. The predicted octanol–water partition coefficient (Wildman–Crippen LogP) is 2.58. The summed E-state index contributed by atoms with van der Waals surface area (Å²) in [4.78, 5) is 12.1. The molecule has 0 bridgehead atoms. The first-order valence-corrected chi connectivity index (χ1v) is 6.02. The van der Waals surface area contributed by atoms with Crippen LogP contribution < -0.4 is 11.1 Å². The molecule has 0 atom stereocenters. The topological polar surface area (TPSA) is 80.9 Å². The van der Waals surface area contributed by atoms with Crippen molar-refractivity contribution in [3.63, 3.8) is 0 Å². The van der Waals surface area contributed by atoms with E-state index in [-0.39, 0.29) is 5.91 Å². The number of aromatic nitrogens is 2. The van der Waals surface area contributed by atoms with Gasteiger partial charge in [-0.25, -0.2) is 0 Å². The van der Waals surface area contributed by atoms with Crippen LogP contribution in [0.3, 0.4) is 0 Å². The van der Waals surface area contributed by atoms with Crippen LogP contribution in [0.4, 0.5) is 11.4 Å². The summed E-state index contributed by atoms with van der Waals surface area (Å²) in [5.41, 5.74) is 8.43. The summed E-state index contributed by atoms with van der Waals surface area (Å²) in [5, 5.41) is 11.0. The van der Waals surface area contributed by atoms with Gasteiger partial charge in [-0.2, -0.15) is 10.2 Å². The van der Waals surface area contributed by atoms with E-state index in [1.165, 1.54) is 0 Å². The Kier molecular flexibility index (Phi) is 3.66. The summed E-state index contributed by atoms with van der Waals surface area (Å²) >= 11 is 5.82. The van der Waals surface area contributed by atoms with Crippen LogP contribution in [0.5, 0.6) is 0 Å². The van der Waals surface area contributed by atoms with Crippen LogP contribution >= 0.6 is 11.6 Å². The largest absolute Gasteiger partial charge is 0.397 e. The number of amides is 1. The Morgan fingerprint density at radius 2 is 2.00 bits per heavy atom. The summed E-state index contributed by atoms with van der Waals surface area (Å²) in [6.07, 6.45) is 0. The Labute approximate surface area is 115 Å². The number of nitrogens with zero attached hydrogens (tertiary/aromatic N) is 2. The Hall–Kier alpha value is -2.14. The third-order valence-corrected chi connectivity index (χ3v) is 2.94. The number of nitrogen functional groups attached to an aromatic ring is 1. The first-order chi connectivity index (χ1) is 8.97. The molecule has 6 heteroatoms. The third kappa shape index (κ3) is 3.00. The molecule has 0 fully saturated rings. The van der Waals surface area contributed by atoms with Crippen molar-refractivity contribution in [1.29, 1.82) is 0 Å². The monoisotopic (exact) mass is 276 g/mol. The minimum Gasteiger partial charge on any atom is -0.397 e. The van der Waals surface area contributed by atoms with E-state index in [4.69, 9.17) is 17.3 Å². The molecule has 5 nitrogen and oxygen atoms in total. The lowest BCUT2D eigenvalue weighted by molar-refractivity contribution is 0.102. The molecule has 0 saturated carbocycles. The fraction of sp³-hybridized carbons (Fsp3) is 0.154. The molecular weight excluding hydrogens is 264 g/mol. The van der Waals surface area contributed by atoms with Crippen molar-refractivity contribution in [2.45, 2.75) is 13.8 Å².